The molecule has 0 bridgehead atoms. The van der Waals surface area contributed by atoms with Crippen molar-refractivity contribution in [3.05, 3.63) is 200 Å². The Balaban J connectivity index is 1.24. The minimum Gasteiger partial charge on any atom is -0.309 e. The van der Waals surface area contributed by atoms with Gasteiger partial charge in [0, 0.05) is 15.9 Å². The fourth-order valence-electron chi connectivity index (χ4n) is 7.62. The van der Waals surface area contributed by atoms with Gasteiger partial charge in [-0.2, -0.15) is 0 Å². The van der Waals surface area contributed by atoms with Gasteiger partial charge in [0.1, 0.15) is 0 Å². The molecule has 9 aromatic carbocycles. The van der Waals surface area contributed by atoms with Crippen LogP contribution >= 0.6 is 7.14 Å². The first-order chi connectivity index (χ1) is 24.7. The van der Waals surface area contributed by atoms with Gasteiger partial charge in [-0.1, -0.05) is 194 Å². The zero-order valence-corrected chi connectivity index (χ0v) is 28.3. The molecule has 2 heteroatoms. The molecule has 0 amide bonds. The first-order valence-corrected chi connectivity index (χ1v) is 18.8. The second kappa shape index (κ2) is 12.5. The molecule has 0 aliphatic carbocycles. The minimum atomic E-state index is -3.15. The van der Waals surface area contributed by atoms with Crippen molar-refractivity contribution < 1.29 is 4.57 Å². The number of hydrogen-bond acceptors (Lipinski definition) is 1. The molecule has 236 valence electrons. The van der Waals surface area contributed by atoms with Crippen molar-refractivity contribution in [2.75, 3.05) is 0 Å². The van der Waals surface area contributed by atoms with E-state index in [0.717, 1.165) is 27.0 Å². The molecular weight excluding hydrogens is 624 g/mol. The van der Waals surface area contributed by atoms with E-state index in [1.165, 1.54) is 54.6 Å². The van der Waals surface area contributed by atoms with Gasteiger partial charge in [0.05, 0.1) is 0 Å². The molecule has 0 aliphatic heterocycles. The normalized spacial score (nSPS) is 11.7. The first kappa shape index (κ1) is 30.1. The van der Waals surface area contributed by atoms with E-state index >= 15 is 4.57 Å². The highest BCUT2D eigenvalue weighted by molar-refractivity contribution is 7.85. The van der Waals surface area contributed by atoms with Gasteiger partial charge in [-0.05, 0) is 71.8 Å². The maximum absolute atomic E-state index is 15.4. The highest BCUT2D eigenvalue weighted by Crippen LogP contribution is 2.46. The van der Waals surface area contributed by atoms with E-state index < -0.39 is 7.14 Å². The fourth-order valence-corrected chi connectivity index (χ4v) is 10.3. The predicted molar refractivity (Wildman–Crippen MR) is 215 cm³/mol. The van der Waals surface area contributed by atoms with Crippen LogP contribution in [0, 0.1) is 0 Å². The molecule has 0 saturated carbocycles. The summed E-state index contributed by atoms with van der Waals surface area (Å²) >= 11 is 0. The average Bonchev–Trinajstić information content (AvgIpc) is 3.20. The molecule has 0 aromatic heterocycles. The predicted octanol–water partition coefficient (Wildman–Crippen LogP) is 11.8. The maximum Gasteiger partial charge on any atom is 0.171 e. The molecular formula is C48H33OP. The van der Waals surface area contributed by atoms with Gasteiger partial charge in [0.2, 0.25) is 0 Å². The molecule has 9 aromatic rings. The van der Waals surface area contributed by atoms with Crippen LogP contribution in [0.1, 0.15) is 0 Å². The molecule has 50 heavy (non-hydrogen) atoms. The Morgan fingerprint density at radius 2 is 0.720 bits per heavy atom. The van der Waals surface area contributed by atoms with Gasteiger partial charge >= 0.3 is 0 Å². The summed E-state index contributed by atoms with van der Waals surface area (Å²) in [6.07, 6.45) is 0. The molecule has 0 N–H and O–H groups in total. The van der Waals surface area contributed by atoms with Crippen molar-refractivity contribution >= 4 is 55.4 Å². The SMILES string of the molecule is O=P(c1ccccc1)(c1ccccc1)c1cccc(-c2c3ccccc3c(-c3ccc(-c4cccc5ccccc45)cc3)c3ccccc23)c1. The zero-order valence-electron chi connectivity index (χ0n) is 27.4. The molecule has 0 fully saturated rings. The summed E-state index contributed by atoms with van der Waals surface area (Å²) in [5.74, 6) is 0. The number of fused-ring (bicyclic) bond motifs is 3. The summed E-state index contributed by atoms with van der Waals surface area (Å²) in [5, 5.41) is 9.73. The summed E-state index contributed by atoms with van der Waals surface area (Å²) in [4.78, 5) is 0. The standard InChI is InChI=1S/C48H33OP/c49-50(38-18-3-1-4-19-38,39-20-5-2-6-21-39)40-22-13-17-37(33-40)48-45-26-11-9-24-43(45)47(44-25-10-12-27-46(44)48)36-31-29-35(30-32-36)42-28-14-16-34-15-7-8-23-41(34)42/h1-33H. The topological polar surface area (TPSA) is 17.1 Å². The smallest absolute Gasteiger partial charge is 0.171 e. The molecule has 0 heterocycles. The molecule has 1 nitrogen and oxygen atoms in total. The van der Waals surface area contributed by atoms with Crippen LogP contribution in [0.25, 0.3) is 65.7 Å². The quantitative estimate of drug-likeness (QED) is 0.129. The lowest BCUT2D eigenvalue weighted by atomic mass is 9.85. The third-order valence-electron chi connectivity index (χ3n) is 9.94. The van der Waals surface area contributed by atoms with Crippen molar-refractivity contribution in [1.82, 2.24) is 0 Å². The van der Waals surface area contributed by atoms with Crippen LogP contribution in [0.3, 0.4) is 0 Å². The second-order valence-electron chi connectivity index (χ2n) is 12.8. The Kier molecular flexibility index (Phi) is 7.50. The van der Waals surface area contributed by atoms with Gasteiger partial charge in [0.25, 0.3) is 0 Å². The van der Waals surface area contributed by atoms with Crippen LogP contribution in [0.4, 0.5) is 0 Å². The van der Waals surface area contributed by atoms with Crippen molar-refractivity contribution in [3.63, 3.8) is 0 Å². The Labute approximate surface area is 292 Å². The Bertz CT molecular complexity index is 2610. The average molecular weight is 657 g/mol. The minimum absolute atomic E-state index is 0.827. The van der Waals surface area contributed by atoms with Crippen LogP contribution in [0.2, 0.25) is 0 Å². The maximum atomic E-state index is 15.4. The molecule has 0 atom stereocenters. The van der Waals surface area contributed by atoms with Gasteiger partial charge < -0.3 is 4.57 Å². The van der Waals surface area contributed by atoms with Gasteiger partial charge in [-0.15, -0.1) is 0 Å². The van der Waals surface area contributed by atoms with Crippen molar-refractivity contribution in [2.45, 2.75) is 0 Å². The van der Waals surface area contributed by atoms with Crippen LogP contribution in [0.5, 0.6) is 0 Å². The number of benzene rings is 9. The Hall–Kier alpha value is -6.01. The molecule has 9 rings (SSSR count). The van der Waals surface area contributed by atoms with Crippen molar-refractivity contribution in [1.29, 1.82) is 0 Å². The van der Waals surface area contributed by atoms with Crippen LogP contribution in [-0.2, 0) is 4.57 Å². The van der Waals surface area contributed by atoms with Crippen LogP contribution in [0.15, 0.2) is 200 Å². The monoisotopic (exact) mass is 656 g/mol. The molecule has 0 aliphatic rings. The summed E-state index contributed by atoms with van der Waals surface area (Å²) < 4.78 is 15.4. The van der Waals surface area contributed by atoms with E-state index in [4.69, 9.17) is 0 Å². The molecule has 0 spiro atoms. The fraction of sp³-hybridized carbons (Fsp3) is 0. The second-order valence-corrected chi connectivity index (χ2v) is 15.5. The van der Waals surface area contributed by atoms with E-state index in [1.54, 1.807) is 0 Å². The van der Waals surface area contributed by atoms with Gasteiger partial charge in [-0.25, -0.2) is 0 Å². The van der Waals surface area contributed by atoms with Gasteiger partial charge in [0.15, 0.2) is 7.14 Å². The summed E-state index contributed by atoms with van der Waals surface area (Å²) in [5.41, 5.74) is 7.05. The Morgan fingerprint density at radius 1 is 0.300 bits per heavy atom. The Morgan fingerprint density at radius 3 is 1.30 bits per heavy atom. The third-order valence-corrected chi connectivity index (χ3v) is 13.0. The first-order valence-electron chi connectivity index (χ1n) is 17.0. The summed E-state index contributed by atoms with van der Waals surface area (Å²) in [6.45, 7) is 0. The van der Waals surface area contributed by atoms with E-state index in [1.807, 2.05) is 66.7 Å². The lowest BCUT2D eigenvalue weighted by Gasteiger charge is -2.22. The third kappa shape index (κ3) is 4.98. The highest BCUT2D eigenvalue weighted by Gasteiger charge is 2.30. The zero-order chi connectivity index (χ0) is 33.5. The largest absolute Gasteiger partial charge is 0.309 e. The summed E-state index contributed by atoms with van der Waals surface area (Å²) in [7, 11) is -3.15. The van der Waals surface area contributed by atoms with E-state index in [0.29, 0.717) is 0 Å². The van der Waals surface area contributed by atoms with E-state index in [2.05, 4.69) is 133 Å². The molecule has 0 unspecified atom stereocenters. The number of rotatable bonds is 6. The van der Waals surface area contributed by atoms with Crippen LogP contribution in [-0.4, -0.2) is 0 Å². The molecule has 0 saturated heterocycles. The lowest BCUT2D eigenvalue weighted by Crippen LogP contribution is -2.25. The highest BCUT2D eigenvalue weighted by atomic mass is 31.2. The van der Waals surface area contributed by atoms with Crippen LogP contribution < -0.4 is 15.9 Å². The van der Waals surface area contributed by atoms with Crippen molar-refractivity contribution in [2.24, 2.45) is 0 Å². The van der Waals surface area contributed by atoms with E-state index in [9.17, 15) is 0 Å². The summed E-state index contributed by atoms with van der Waals surface area (Å²) in [6, 6.07) is 69.8. The van der Waals surface area contributed by atoms with Gasteiger partial charge in [-0.3, -0.25) is 0 Å². The van der Waals surface area contributed by atoms with Crippen molar-refractivity contribution in [3.8, 4) is 33.4 Å². The molecule has 0 radical (unpaired) electrons. The number of hydrogen-bond donors (Lipinski definition) is 0. The lowest BCUT2D eigenvalue weighted by molar-refractivity contribution is 0.592. The van der Waals surface area contributed by atoms with E-state index in [-0.39, 0.29) is 0 Å².